The van der Waals surface area contributed by atoms with Gasteiger partial charge in [0.2, 0.25) is 0 Å². The van der Waals surface area contributed by atoms with E-state index in [1.54, 1.807) is 12.3 Å². The molecule has 0 saturated heterocycles. The molecule has 98 valence electrons. The van der Waals surface area contributed by atoms with Gasteiger partial charge in [-0.2, -0.15) is 0 Å². The summed E-state index contributed by atoms with van der Waals surface area (Å²) in [5.41, 5.74) is 2.27. The summed E-state index contributed by atoms with van der Waals surface area (Å²) in [7, 11) is 0. The molecule has 1 aromatic heterocycles. The number of nitrogens with zero attached hydrogens (tertiary/aromatic N) is 2. The summed E-state index contributed by atoms with van der Waals surface area (Å²) < 4.78 is 19.0. The predicted molar refractivity (Wildman–Crippen MR) is 70.2 cm³/mol. The van der Waals surface area contributed by atoms with Crippen molar-refractivity contribution in [2.45, 2.75) is 25.6 Å². The molecule has 5 heteroatoms. The lowest BCUT2D eigenvalue weighted by Crippen LogP contribution is -1.99. The lowest BCUT2D eigenvalue weighted by molar-refractivity contribution is 0.106. The van der Waals surface area contributed by atoms with E-state index in [0.717, 1.165) is 24.0 Å². The third-order valence-electron chi connectivity index (χ3n) is 2.96. The van der Waals surface area contributed by atoms with Gasteiger partial charge in [-0.1, -0.05) is 11.6 Å². The largest absolute Gasteiger partial charge is 0.374 e. The molecule has 3 nitrogen and oxygen atoms in total. The molecule has 0 aliphatic heterocycles. The molecule has 1 aliphatic carbocycles. The molecule has 1 aromatic carbocycles. The summed E-state index contributed by atoms with van der Waals surface area (Å²) >= 11 is 5.72. The van der Waals surface area contributed by atoms with Gasteiger partial charge in [0.05, 0.1) is 30.8 Å². The molecule has 1 aliphatic rings. The van der Waals surface area contributed by atoms with E-state index < -0.39 is 0 Å². The minimum atomic E-state index is -0.278. The van der Waals surface area contributed by atoms with Crippen LogP contribution in [0.1, 0.15) is 18.4 Å². The number of aromatic nitrogens is 2. The zero-order valence-electron chi connectivity index (χ0n) is 10.1. The van der Waals surface area contributed by atoms with E-state index in [1.165, 1.54) is 18.3 Å². The van der Waals surface area contributed by atoms with Gasteiger partial charge in [0.25, 0.3) is 0 Å². The first-order valence-electron chi connectivity index (χ1n) is 6.10. The Morgan fingerprint density at radius 2 is 2.11 bits per heavy atom. The maximum absolute atomic E-state index is 13.4. The van der Waals surface area contributed by atoms with Crippen LogP contribution in [0.5, 0.6) is 0 Å². The molecular weight excluding hydrogens is 267 g/mol. The fourth-order valence-electron chi connectivity index (χ4n) is 1.83. The van der Waals surface area contributed by atoms with Crippen molar-refractivity contribution < 1.29 is 9.13 Å². The number of hydrogen-bond acceptors (Lipinski definition) is 3. The lowest BCUT2D eigenvalue weighted by atomic mass is 10.1. The standard InChI is InChI=1S/C14H12ClFN2O/c15-14-7-17-13(6-18-14)12-4-1-10(16)5-9(12)8-19-11-2-3-11/h1,4-7,11H,2-3,8H2. The summed E-state index contributed by atoms with van der Waals surface area (Å²) in [6, 6.07) is 4.58. The quantitative estimate of drug-likeness (QED) is 0.857. The lowest BCUT2D eigenvalue weighted by Gasteiger charge is -2.09. The van der Waals surface area contributed by atoms with Crippen LogP contribution in [0.25, 0.3) is 11.3 Å². The van der Waals surface area contributed by atoms with Crippen molar-refractivity contribution in [2.75, 3.05) is 0 Å². The number of ether oxygens (including phenoxy) is 1. The molecule has 0 spiro atoms. The van der Waals surface area contributed by atoms with Gasteiger partial charge in [-0.05, 0) is 36.6 Å². The highest BCUT2D eigenvalue weighted by Gasteiger charge is 2.22. The first kappa shape index (κ1) is 12.5. The van der Waals surface area contributed by atoms with E-state index in [0.29, 0.717) is 23.6 Å². The van der Waals surface area contributed by atoms with Gasteiger partial charge in [-0.3, -0.25) is 4.98 Å². The summed E-state index contributed by atoms with van der Waals surface area (Å²) in [6.07, 6.45) is 5.56. The molecule has 19 heavy (non-hydrogen) atoms. The molecular formula is C14H12ClFN2O. The Hall–Kier alpha value is -1.52. The first-order chi connectivity index (χ1) is 9.22. The van der Waals surface area contributed by atoms with Gasteiger partial charge < -0.3 is 4.74 Å². The van der Waals surface area contributed by atoms with Crippen molar-refractivity contribution >= 4 is 11.6 Å². The fourth-order valence-corrected chi connectivity index (χ4v) is 1.92. The molecule has 0 radical (unpaired) electrons. The Kier molecular flexibility index (Phi) is 3.44. The van der Waals surface area contributed by atoms with Gasteiger partial charge in [0, 0.05) is 5.56 Å². The molecule has 1 heterocycles. The van der Waals surface area contributed by atoms with E-state index in [1.807, 2.05) is 0 Å². The zero-order chi connectivity index (χ0) is 13.2. The second-order valence-electron chi connectivity index (χ2n) is 4.54. The van der Waals surface area contributed by atoms with E-state index in [9.17, 15) is 4.39 Å². The Bertz CT molecular complexity index is 584. The van der Waals surface area contributed by atoms with Crippen molar-refractivity contribution in [2.24, 2.45) is 0 Å². The van der Waals surface area contributed by atoms with Crippen LogP contribution in [0, 0.1) is 5.82 Å². The fraction of sp³-hybridized carbons (Fsp3) is 0.286. The monoisotopic (exact) mass is 278 g/mol. The van der Waals surface area contributed by atoms with Gasteiger partial charge in [-0.15, -0.1) is 0 Å². The van der Waals surface area contributed by atoms with Crippen molar-refractivity contribution in [3.8, 4) is 11.3 Å². The first-order valence-corrected chi connectivity index (χ1v) is 6.48. The van der Waals surface area contributed by atoms with Crippen molar-refractivity contribution in [3.63, 3.8) is 0 Å². The Morgan fingerprint density at radius 1 is 1.26 bits per heavy atom. The summed E-state index contributed by atoms with van der Waals surface area (Å²) in [5.74, 6) is -0.278. The van der Waals surface area contributed by atoms with E-state index in [4.69, 9.17) is 16.3 Å². The molecule has 2 aromatic rings. The van der Waals surface area contributed by atoms with Crippen molar-refractivity contribution in [3.05, 3.63) is 47.1 Å². The summed E-state index contributed by atoms with van der Waals surface area (Å²) in [6.45, 7) is 0.391. The van der Waals surface area contributed by atoms with Crippen LogP contribution in [0.2, 0.25) is 5.15 Å². The second kappa shape index (κ2) is 5.23. The third kappa shape index (κ3) is 3.08. The molecule has 0 bridgehead atoms. The minimum Gasteiger partial charge on any atom is -0.374 e. The smallest absolute Gasteiger partial charge is 0.147 e. The third-order valence-corrected chi connectivity index (χ3v) is 3.16. The van der Waals surface area contributed by atoms with Crippen LogP contribution < -0.4 is 0 Å². The SMILES string of the molecule is Fc1ccc(-c2cnc(Cl)cn2)c(COC2CC2)c1. The van der Waals surface area contributed by atoms with E-state index in [2.05, 4.69) is 9.97 Å². The van der Waals surface area contributed by atoms with E-state index in [-0.39, 0.29) is 5.82 Å². The topological polar surface area (TPSA) is 35.0 Å². The molecule has 3 rings (SSSR count). The van der Waals surface area contributed by atoms with Crippen LogP contribution in [0.15, 0.2) is 30.6 Å². The average molecular weight is 279 g/mol. The number of benzene rings is 1. The predicted octanol–water partition coefficient (Wildman–Crippen LogP) is 3.62. The van der Waals surface area contributed by atoms with Gasteiger partial charge in [-0.25, -0.2) is 9.37 Å². The van der Waals surface area contributed by atoms with Crippen LogP contribution in [-0.4, -0.2) is 16.1 Å². The van der Waals surface area contributed by atoms with Gasteiger partial charge in [0.15, 0.2) is 0 Å². The highest BCUT2D eigenvalue weighted by molar-refractivity contribution is 6.29. The van der Waals surface area contributed by atoms with Crippen molar-refractivity contribution in [1.82, 2.24) is 9.97 Å². The highest BCUT2D eigenvalue weighted by Crippen LogP contribution is 2.28. The van der Waals surface area contributed by atoms with Crippen LogP contribution in [-0.2, 0) is 11.3 Å². The van der Waals surface area contributed by atoms with Gasteiger partial charge in [0.1, 0.15) is 11.0 Å². The number of rotatable bonds is 4. The Labute approximate surface area is 115 Å². The van der Waals surface area contributed by atoms with Crippen LogP contribution >= 0.6 is 11.6 Å². The number of hydrogen-bond donors (Lipinski definition) is 0. The average Bonchev–Trinajstić information content (AvgIpc) is 3.22. The Morgan fingerprint density at radius 3 is 2.79 bits per heavy atom. The summed E-state index contributed by atoms with van der Waals surface area (Å²) in [4.78, 5) is 8.20. The molecule has 0 unspecified atom stereocenters. The molecule has 1 fully saturated rings. The normalized spacial score (nSPS) is 14.6. The number of halogens is 2. The van der Waals surface area contributed by atoms with Crippen LogP contribution in [0.3, 0.4) is 0 Å². The zero-order valence-corrected chi connectivity index (χ0v) is 10.9. The Balaban J connectivity index is 1.91. The van der Waals surface area contributed by atoms with Crippen molar-refractivity contribution in [1.29, 1.82) is 0 Å². The minimum absolute atomic E-state index is 0.278. The second-order valence-corrected chi connectivity index (χ2v) is 4.92. The van der Waals surface area contributed by atoms with E-state index >= 15 is 0 Å². The van der Waals surface area contributed by atoms with Gasteiger partial charge >= 0.3 is 0 Å². The molecule has 0 atom stereocenters. The maximum atomic E-state index is 13.4. The van der Waals surface area contributed by atoms with Crippen LogP contribution in [0.4, 0.5) is 4.39 Å². The molecule has 0 N–H and O–H groups in total. The molecule has 1 saturated carbocycles. The summed E-state index contributed by atoms with van der Waals surface area (Å²) in [5, 5.41) is 0.335. The maximum Gasteiger partial charge on any atom is 0.147 e. The highest BCUT2D eigenvalue weighted by atomic mass is 35.5. The molecule has 0 amide bonds.